The highest BCUT2D eigenvalue weighted by Crippen LogP contribution is 2.38. The Morgan fingerprint density at radius 1 is 1.24 bits per heavy atom. The minimum Gasteiger partial charge on any atom is -0.490 e. The molecule has 2 nitrogen and oxygen atoms in total. The molecule has 0 amide bonds. The van der Waals surface area contributed by atoms with Gasteiger partial charge in [0.05, 0.1) is 6.61 Å². The van der Waals surface area contributed by atoms with E-state index in [1.165, 1.54) is 6.07 Å². The van der Waals surface area contributed by atoms with E-state index < -0.39 is 6.36 Å². The SMILES string of the molecule is CCOc1cccc(C(C)C)c1OC(F)(F)F. The molecular weight excluding hydrogens is 233 g/mol. The summed E-state index contributed by atoms with van der Waals surface area (Å²) < 4.78 is 46.2. The van der Waals surface area contributed by atoms with E-state index in [4.69, 9.17) is 4.74 Å². The van der Waals surface area contributed by atoms with Crippen molar-refractivity contribution in [2.75, 3.05) is 6.61 Å². The average Bonchev–Trinajstić information content (AvgIpc) is 2.18. The zero-order valence-electron chi connectivity index (χ0n) is 9.97. The van der Waals surface area contributed by atoms with Crippen molar-refractivity contribution in [2.24, 2.45) is 0 Å². The van der Waals surface area contributed by atoms with E-state index in [9.17, 15) is 13.2 Å². The van der Waals surface area contributed by atoms with Crippen LogP contribution >= 0.6 is 0 Å². The summed E-state index contributed by atoms with van der Waals surface area (Å²) in [5, 5.41) is 0. The molecule has 0 radical (unpaired) electrons. The quantitative estimate of drug-likeness (QED) is 0.798. The molecule has 0 aliphatic rings. The van der Waals surface area contributed by atoms with E-state index in [-0.39, 0.29) is 24.0 Å². The lowest BCUT2D eigenvalue weighted by molar-refractivity contribution is -0.275. The smallest absolute Gasteiger partial charge is 0.490 e. The van der Waals surface area contributed by atoms with Crippen LogP contribution in [0.5, 0.6) is 11.5 Å². The Morgan fingerprint density at radius 2 is 1.88 bits per heavy atom. The molecule has 0 heterocycles. The molecular formula is C12H15F3O2. The van der Waals surface area contributed by atoms with E-state index >= 15 is 0 Å². The van der Waals surface area contributed by atoms with Crippen molar-refractivity contribution in [1.82, 2.24) is 0 Å². The van der Waals surface area contributed by atoms with Gasteiger partial charge in [-0.3, -0.25) is 0 Å². The van der Waals surface area contributed by atoms with E-state index in [2.05, 4.69) is 4.74 Å². The lowest BCUT2D eigenvalue weighted by Gasteiger charge is -2.18. The van der Waals surface area contributed by atoms with Crippen LogP contribution in [0.3, 0.4) is 0 Å². The van der Waals surface area contributed by atoms with Gasteiger partial charge >= 0.3 is 6.36 Å². The molecule has 0 unspecified atom stereocenters. The van der Waals surface area contributed by atoms with Crippen LogP contribution in [-0.2, 0) is 0 Å². The molecule has 1 aromatic carbocycles. The summed E-state index contributed by atoms with van der Waals surface area (Å²) in [5.41, 5.74) is 0.480. The predicted octanol–water partition coefficient (Wildman–Crippen LogP) is 4.11. The molecule has 1 aromatic rings. The minimum absolute atomic E-state index is 0.0762. The third-order valence-electron chi connectivity index (χ3n) is 2.15. The Balaban J connectivity index is 3.18. The van der Waals surface area contributed by atoms with Gasteiger partial charge in [-0.15, -0.1) is 13.2 Å². The summed E-state index contributed by atoms with van der Waals surface area (Å²) >= 11 is 0. The van der Waals surface area contributed by atoms with Crippen molar-refractivity contribution in [3.05, 3.63) is 23.8 Å². The van der Waals surface area contributed by atoms with E-state index in [1.807, 2.05) is 0 Å². The molecule has 0 aromatic heterocycles. The molecule has 0 N–H and O–H groups in total. The first-order valence-corrected chi connectivity index (χ1v) is 5.36. The fraction of sp³-hybridized carbons (Fsp3) is 0.500. The number of hydrogen-bond acceptors (Lipinski definition) is 2. The first-order chi connectivity index (χ1) is 7.85. The average molecular weight is 248 g/mol. The highest BCUT2D eigenvalue weighted by atomic mass is 19.4. The molecule has 96 valence electrons. The van der Waals surface area contributed by atoms with Crippen molar-refractivity contribution in [3.8, 4) is 11.5 Å². The first-order valence-electron chi connectivity index (χ1n) is 5.36. The van der Waals surface area contributed by atoms with E-state index in [0.29, 0.717) is 5.56 Å². The number of alkyl halides is 3. The van der Waals surface area contributed by atoms with Crippen molar-refractivity contribution < 1.29 is 22.6 Å². The molecule has 0 fully saturated rings. The van der Waals surface area contributed by atoms with Crippen LogP contribution < -0.4 is 9.47 Å². The topological polar surface area (TPSA) is 18.5 Å². The summed E-state index contributed by atoms with van der Waals surface area (Å²) in [5.74, 6) is -0.194. The highest BCUT2D eigenvalue weighted by molar-refractivity contribution is 5.48. The molecule has 0 saturated heterocycles. The lowest BCUT2D eigenvalue weighted by atomic mass is 10.0. The number of halogens is 3. The molecule has 0 bridgehead atoms. The normalized spacial score (nSPS) is 11.7. The van der Waals surface area contributed by atoms with Crippen molar-refractivity contribution in [1.29, 1.82) is 0 Å². The van der Waals surface area contributed by atoms with Gasteiger partial charge in [0.1, 0.15) is 0 Å². The summed E-state index contributed by atoms with van der Waals surface area (Å²) in [6.45, 7) is 5.60. The summed E-state index contributed by atoms with van der Waals surface area (Å²) in [6.07, 6.45) is -4.71. The fourth-order valence-corrected chi connectivity index (χ4v) is 1.48. The Kier molecular flexibility index (Phi) is 4.26. The third-order valence-corrected chi connectivity index (χ3v) is 2.15. The van der Waals surface area contributed by atoms with Crippen molar-refractivity contribution >= 4 is 0 Å². The van der Waals surface area contributed by atoms with Gasteiger partial charge in [-0.05, 0) is 18.9 Å². The second-order valence-corrected chi connectivity index (χ2v) is 3.81. The Bertz CT molecular complexity index is 373. The molecule has 0 aliphatic carbocycles. The van der Waals surface area contributed by atoms with Gasteiger partial charge < -0.3 is 9.47 Å². The molecule has 5 heteroatoms. The summed E-state index contributed by atoms with van der Waals surface area (Å²) in [4.78, 5) is 0. The van der Waals surface area contributed by atoms with Crippen LogP contribution in [0.1, 0.15) is 32.3 Å². The summed E-state index contributed by atoms with van der Waals surface area (Å²) in [6, 6.07) is 4.73. The maximum atomic E-state index is 12.3. The largest absolute Gasteiger partial charge is 0.573 e. The second kappa shape index (κ2) is 5.29. The van der Waals surface area contributed by atoms with E-state index in [1.54, 1.807) is 32.9 Å². The molecule has 17 heavy (non-hydrogen) atoms. The maximum Gasteiger partial charge on any atom is 0.573 e. The minimum atomic E-state index is -4.71. The van der Waals surface area contributed by atoms with Gasteiger partial charge in [0.25, 0.3) is 0 Å². The number of para-hydroxylation sites is 1. The van der Waals surface area contributed by atoms with Gasteiger partial charge in [-0.2, -0.15) is 0 Å². The van der Waals surface area contributed by atoms with Crippen LogP contribution in [0, 0.1) is 0 Å². The number of benzene rings is 1. The Hall–Kier alpha value is -1.39. The van der Waals surface area contributed by atoms with Crippen molar-refractivity contribution in [3.63, 3.8) is 0 Å². The molecule has 0 spiro atoms. The van der Waals surface area contributed by atoms with Gasteiger partial charge in [0.2, 0.25) is 0 Å². The predicted molar refractivity (Wildman–Crippen MR) is 58.4 cm³/mol. The molecule has 0 saturated carbocycles. The Labute approximate surface area is 98.3 Å². The molecule has 0 atom stereocenters. The number of rotatable bonds is 4. The first kappa shape index (κ1) is 13.7. The number of hydrogen-bond donors (Lipinski definition) is 0. The van der Waals surface area contributed by atoms with Crippen LogP contribution in [0.25, 0.3) is 0 Å². The van der Waals surface area contributed by atoms with Crippen LogP contribution in [0.4, 0.5) is 13.2 Å². The van der Waals surface area contributed by atoms with Crippen LogP contribution in [-0.4, -0.2) is 13.0 Å². The van der Waals surface area contributed by atoms with E-state index in [0.717, 1.165) is 0 Å². The molecule has 0 aliphatic heterocycles. The van der Waals surface area contributed by atoms with Crippen LogP contribution in [0.15, 0.2) is 18.2 Å². The fourth-order valence-electron chi connectivity index (χ4n) is 1.48. The van der Waals surface area contributed by atoms with Crippen LogP contribution in [0.2, 0.25) is 0 Å². The van der Waals surface area contributed by atoms with Gasteiger partial charge in [0, 0.05) is 5.56 Å². The lowest BCUT2D eigenvalue weighted by Crippen LogP contribution is -2.19. The zero-order chi connectivity index (χ0) is 13.1. The standard InChI is InChI=1S/C12H15F3O2/c1-4-16-10-7-5-6-9(8(2)3)11(10)17-12(13,14)15/h5-8H,4H2,1-3H3. The Morgan fingerprint density at radius 3 is 2.35 bits per heavy atom. The second-order valence-electron chi connectivity index (χ2n) is 3.81. The van der Waals surface area contributed by atoms with Gasteiger partial charge in [0.15, 0.2) is 11.5 Å². The summed E-state index contributed by atoms with van der Waals surface area (Å²) in [7, 11) is 0. The van der Waals surface area contributed by atoms with Gasteiger partial charge in [-0.25, -0.2) is 0 Å². The monoisotopic (exact) mass is 248 g/mol. The van der Waals surface area contributed by atoms with Gasteiger partial charge in [-0.1, -0.05) is 26.0 Å². The maximum absolute atomic E-state index is 12.3. The van der Waals surface area contributed by atoms with Crippen molar-refractivity contribution in [2.45, 2.75) is 33.1 Å². The number of ether oxygens (including phenoxy) is 2. The zero-order valence-corrected chi connectivity index (χ0v) is 9.97. The molecule has 1 rings (SSSR count). The highest BCUT2D eigenvalue weighted by Gasteiger charge is 2.34. The third kappa shape index (κ3) is 3.84.